The van der Waals surface area contributed by atoms with Crippen molar-refractivity contribution >= 4 is 38.7 Å². The number of aliphatic hydroxyl groups is 1. The fourth-order valence-corrected chi connectivity index (χ4v) is 2.37. The van der Waals surface area contributed by atoms with E-state index < -0.39 is 6.04 Å². The van der Waals surface area contributed by atoms with Crippen molar-refractivity contribution in [3.63, 3.8) is 0 Å². The van der Waals surface area contributed by atoms with Gasteiger partial charge in [0.15, 0.2) is 5.82 Å². The lowest BCUT2D eigenvalue weighted by molar-refractivity contribution is -0.120. The van der Waals surface area contributed by atoms with Crippen LogP contribution in [-0.4, -0.2) is 37.1 Å². The number of amides is 1. The molecule has 8 heteroatoms. The van der Waals surface area contributed by atoms with Crippen molar-refractivity contribution < 1.29 is 9.90 Å². The van der Waals surface area contributed by atoms with Crippen molar-refractivity contribution in [3.8, 4) is 0 Å². The summed E-state index contributed by atoms with van der Waals surface area (Å²) in [6, 6.07) is 4.76. The number of carbonyl (C=O) groups excluding carboxylic acids is 1. The van der Waals surface area contributed by atoms with Crippen LogP contribution in [0.5, 0.6) is 0 Å². The fraction of sp³-hybridized carbons (Fsp3) is 0.143. The van der Waals surface area contributed by atoms with Gasteiger partial charge in [-0.25, -0.2) is 9.97 Å². The first-order valence-corrected chi connectivity index (χ1v) is 7.28. The lowest BCUT2D eigenvalue weighted by Crippen LogP contribution is -2.28. The third-order valence-electron chi connectivity index (χ3n) is 3.12. The summed E-state index contributed by atoms with van der Waals surface area (Å²) < 4.78 is 2.41. The summed E-state index contributed by atoms with van der Waals surface area (Å²) in [4.78, 5) is 24.7. The second-order valence-corrected chi connectivity index (χ2v) is 5.50. The third kappa shape index (κ3) is 2.97. The molecule has 1 atom stereocenters. The van der Waals surface area contributed by atoms with Crippen molar-refractivity contribution in [2.24, 2.45) is 0 Å². The highest BCUT2D eigenvalue weighted by Crippen LogP contribution is 2.18. The monoisotopic (exact) mass is 361 g/mol. The molecule has 112 valence electrons. The van der Waals surface area contributed by atoms with Gasteiger partial charge in [-0.3, -0.25) is 9.78 Å². The molecule has 0 radical (unpaired) electrons. The minimum absolute atomic E-state index is 0.328. The minimum Gasteiger partial charge on any atom is -0.394 e. The number of aliphatic hydroxyl groups excluding tert-OH is 1. The number of aromatic nitrogens is 4. The van der Waals surface area contributed by atoms with Crippen LogP contribution < -0.4 is 5.32 Å². The molecule has 22 heavy (non-hydrogen) atoms. The van der Waals surface area contributed by atoms with E-state index in [1.807, 2.05) is 18.2 Å². The summed E-state index contributed by atoms with van der Waals surface area (Å²) in [7, 11) is 0. The van der Waals surface area contributed by atoms with Crippen LogP contribution in [0.4, 0.5) is 5.82 Å². The van der Waals surface area contributed by atoms with Gasteiger partial charge in [0, 0.05) is 16.9 Å². The molecule has 0 aliphatic carbocycles. The standard InChI is InChI=1S/C14H12BrN5O2/c15-9-1-2-10-11(5-9)18-13(6-17-10)19-14(22)12(7-21)20-4-3-16-8-20/h1-6,8,12,21H,7H2,(H,18,19,22)/t12-/m0/s1. The Kier molecular flexibility index (Phi) is 4.12. The van der Waals surface area contributed by atoms with Crippen molar-refractivity contribution in [3.05, 3.63) is 47.6 Å². The van der Waals surface area contributed by atoms with Crippen molar-refractivity contribution in [1.82, 2.24) is 19.5 Å². The maximum absolute atomic E-state index is 12.2. The van der Waals surface area contributed by atoms with Crippen LogP contribution in [0.25, 0.3) is 11.0 Å². The maximum atomic E-state index is 12.2. The molecule has 2 N–H and O–H groups in total. The lowest BCUT2D eigenvalue weighted by atomic mass is 10.3. The molecule has 0 aliphatic heterocycles. The van der Waals surface area contributed by atoms with E-state index in [0.717, 1.165) is 9.99 Å². The van der Waals surface area contributed by atoms with Gasteiger partial charge >= 0.3 is 0 Å². The summed E-state index contributed by atoms with van der Waals surface area (Å²) in [5, 5.41) is 12.1. The number of imidazole rings is 1. The van der Waals surface area contributed by atoms with Crippen LogP contribution in [0.15, 0.2) is 47.6 Å². The molecule has 0 spiro atoms. The van der Waals surface area contributed by atoms with Gasteiger partial charge < -0.3 is 15.0 Å². The zero-order chi connectivity index (χ0) is 15.5. The molecule has 3 rings (SSSR count). The van der Waals surface area contributed by atoms with E-state index in [1.54, 1.807) is 12.4 Å². The Morgan fingerprint density at radius 3 is 3.00 bits per heavy atom. The SMILES string of the molecule is O=C(Nc1cnc2ccc(Br)cc2n1)[C@H](CO)n1ccnc1. The van der Waals surface area contributed by atoms with Gasteiger partial charge in [-0.15, -0.1) is 0 Å². The topological polar surface area (TPSA) is 92.9 Å². The second kappa shape index (κ2) is 6.20. The van der Waals surface area contributed by atoms with Crippen molar-refractivity contribution in [2.75, 3.05) is 11.9 Å². The van der Waals surface area contributed by atoms with E-state index in [1.165, 1.54) is 17.1 Å². The van der Waals surface area contributed by atoms with Crippen LogP contribution in [-0.2, 0) is 4.79 Å². The zero-order valence-corrected chi connectivity index (χ0v) is 12.9. The molecule has 0 saturated carbocycles. The average Bonchev–Trinajstić information content (AvgIpc) is 3.01. The Labute approximate surface area is 134 Å². The zero-order valence-electron chi connectivity index (χ0n) is 11.3. The Bertz CT molecular complexity index is 806. The minimum atomic E-state index is -0.762. The van der Waals surface area contributed by atoms with Crippen molar-refractivity contribution in [2.45, 2.75) is 6.04 Å². The normalized spacial score (nSPS) is 12.3. The predicted molar refractivity (Wildman–Crippen MR) is 84.2 cm³/mol. The van der Waals surface area contributed by atoms with E-state index in [0.29, 0.717) is 11.3 Å². The van der Waals surface area contributed by atoms with E-state index in [9.17, 15) is 9.90 Å². The summed E-state index contributed by atoms with van der Waals surface area (Å²) in [5.74, 6) is -0.0571. The Morgan fingerprint density at radius 2 is 2.27 bits per heavy atom. The molecule has 0 aliphatic rings. The van der Waals surface area contributed by atoms with Crippen LogP contribution in [0.2, 0.25) is 0 Å². The van der Waals surface area contributed by atoms with E-state index >= 15 is 0 Å². The largest absolute Gasteiger partial charge is 0.394 e. The molecule has 0 unspecified atom stereocenters. The van der Waals surface area contributed by atoms with Gasteiger partial charge in [0.1, 0.15) is 6.04 Å². The predicted octanol–water partition coefficient (Wildman–Crippen LogP) is 1.76. The average molecular weight is 362 g/mol. The smallest absolute Gasteiger partial charge is 0.251 e. The van der Waals surface area contributed by atoms with Gasteiger partial charge in [-0.1, -0.05) is 15.9 Å². The number of halogens is 1. The number of anilines is 1. The number of hydrogen-bond donors (Lipinski definition) is 2. The molecular formula is C14H12BrN5O2. The molecule has 0 bridgehead atoms. The van der Waals surface area contributed by atoms with E-state index in [2.05, 4.69) is 36.2 Å². The highest BCUT2D eigenvalue weighted by atomic mass is 79.9. The molecule has 7 nitrogen and oxygen atoms in total. The molecule has 1 aromatic carbocycles. The number of carbonyl (C=O) groups is 1. The van der Waals surface area contributed by atoms with Gasteiger partial charge in [-0.05, 0) is 18.2 Å². The fourth-order valence-electron chi connectivity index (χ4n) is 2.02. The van der Waals surface area contributed by atoms with E-state index in [4.69, 9.17) is 0 Å². The van der Waals surface area contributed by atoms with E-state index in [-0.39, 0.29) is 12.5 Å². The number of fused-ring (bicyclic) bond motifs is 1. The van der Waals surface area contributed by atoms with Crippen LogP contribution in [0.3, 0.4) is 0 Å². The molecule has 0 fully saturated rings. The lowest BCUT2D eigenvalue weighted by Gasteiger charge is -2.15. The van der Waals surface area contributed by atoms with Gasteiger partial charge in [-0.2, -0.15) is 0 Å². The highest BCUT2D eigenvalue weighted by molar-refractivity contribution is 9.10. The van der Waals surface area contributed by atoms with Gasteiger partial charge in [0.25, 0.3) is 5.91 Å². The number of nitrogens with zero attached hydrogens (tertiary/aromatic N) is 4. The summed E-state index contributed by atoms with van der Waals surface area (Å²) >= 11 is 3.37. The molecule has 1 amide bonds. The van der Waals surface area contributed by atoms with Gasteiger partial charge in [0.2, 0.25) is 0 Å². The second-order valence-electron chi connectivity index (χ2n) is 4.59. The Morgan fingerprint density at radius 1 is 1.41 bits per heavy atom. The first-order chi connectivity index (χ1) is 10.7. The molecular weight excluding hydrogens is 350 g/mol. The Hall–Kier alpha value is -2.32. The van der Waals surface area contributed by atoms with Crippen molar-refractivity contribution in [1.29, 1.82) is 0 Å². The number of hydrogen-bond acceptors (Lipinski definition) is 5. The summed E-state index contributed by atoms with van der Waals surface area (Å²) in [6.07, 6.45) is 6.12. The van der Waals surface area contributed by atoms with Crippen LogP contribution in [0, 0.1) is 0 Å². The third-order valence-corrected chi connectivity index (χ3v) is 3.61. The first kappa shape index (κ1) is 14.6. The van der Waals surface area contributed by atoms with Crippen LogP contribution >= 0.6 is 15.9 Å². The van der Waals surface area contributed by atoms with Crippen LogP contribution in [0.1, 0.15) is 6.04 Å². The molecule has 3 aromatic rings. The highest BCUT2D eigenvalue weighted by Gasteiger charge is 2.19. The number of benzene rings is 1. The first-order valence-electron chi connectivity index (χ1n) is 6.49. The molecule has 2 heterocycles. The number of nitrogens with one attached hydrogen (secondary N) is 1. The quantitative estimate of drug-likeness (QED) is 0.738. The maximum Gasteiger partial charge on any atom is 0.251 e. The molecule has 2 aromatic heterocycles. The Balaban J connectivity index is 1.84. The van der Waals surface area contributed by atoms with Gasteiger partial charge in [0.05, 0.1) is 30.2 Å². The molecule has 0 saturated heterocycles. The number of rotatable bonds is 4. The summed E-state index contributed by atoms with van der Waals surface area (Å²) in [6.45, 7) is -0.339. The summed E-state index contributed by atoms with van der Waals surface area (Å²) in [5.41, 5.74) is 1.39.